The van der Waals surface area contributed by atoms with Gasteiger partial charge in [0.15, 0.2) is 0 Å². The van der Waals surface area contributed by atoms with Crippen LogP contribution in [0.2, 0.25) is 0 Å². The van der Waals surface area contributed by atoms with Crippen LogP contribution in [0.4, 0.5) is 5.69 Å². The molecule has 0 aliphatic carbocycles. The lowest BCUT2D eigenvalue weighted by molar-refractivity contribution is -0.385. The number of hydrogen-bond acceptors (Lipinski definition) is 6. The van der Waals surface area contributed by atoms with E-state index in [2.05, 4.69) is 0 Å². The largest absolute Gasteiger partial charge is 0.336 e. The van der Waals surface area contributed by atoms with Crippen molar-refractivity contribution in [2.24, 2.45) is 0 Å². The van der Waals surface area contributed by atoms with Crippen LogP contribution in [0.3, 0.4) is 0 Å². The summed E-state index contributed by atoms with van der Waals surface area (Å²) in [7, 11) is -3.66. The fraction of sp³-hybridized carbons (Fsp3) is 0.350. The third-order valence-electron chi connectivity index (χ3n) is 5.27. The minimum atomic E-state index is -3.66. The van der Waals surface area contributed by atoms with E-state index < -0.39 is 20.9 Å². The van der Waals surface area contributed by atoms with Crippen LogP contribution < -0.4 is 0 Å². The molecule has 0 aromatic heterocycles. The van der Waals surface area contributed by atoms with Crippen molar-refractivity contribution in [3.05, 3.63) is 63.2 Å². The van der Waals surface area contributed by atoms with Crippen molar-refractivity contribution >= 4 is 33.4 Å². The van der Waals surface area contributed by atoms with Crippen LogP contribution in [0, 0.1) is 24.0 Å². The Hall–Kier alpha value is -2.43. The van der Waals surface area contributed by atoms with Crippen molar-refractivity contribution in [3.8, 4) is 0 Å². The molecule has 0 saturated carbocycles. The smallest absolute Gasteiger partial charge is 0.282 e. The third kappa shape index (κ3) is 4.35. The number of piperazine rings is 1. The Morgan fingerprint density at radius 2 is 1.70 bits per heavy atom. The van der Waals surface area contributed by atoms with E-state index in [0.717, 1.165) is 16.0 Å². The zero-order chi connectivity index (χ0) is 22.1. The van der Waals surface area contributed by atoms with Gasteiger partial charge < -0.3 is 4.90 Å². The standard InChI is InChI=1S/C20H23N3O5S2/c1-14-4-6-17(12-15(14)2)30(27,28)22-10-8-21(9-11-22)20(24)18-13-16(29-3)5-7-19(18)23(25)26/h4-7,12-13H,8-11H2,1-3H3. The van der Waals surface area contributed by atoms with Gasteiger partial charge in [0, 0.05) is 37.1 Å². The van der Waals surface area contributed by atoms with Crippen molar-refractivity contribution < 1.29 is 18.1 Å². The van der Waals surface area contributed by atoms with Crippen molar-refractivity contribution in [1.82, 2.24) is 9.21 Å². The fourth-order valence-corrected chi connectivity index (χ4v) is 5.25. The van der Waals surface area contributed by atoms with Crippen molar-refractivity contribution in [1.29, 1.82) is 0 Å². The highest BCUT2D eigenvalue weighted by Crippen LogP contribution is 2.27. The molecule has 30 heavy (non-hydrogen) atoms. The molecule has 2 aromatic rings. The second kappa shape index (κ2) is 8.75. The Morgan fingerprint density at radius 1 is 1.03 bits per heavy atom. The van der Waals surface area contributed by atoms with Crippen LogP contribution in [-0.2, 0) is 10.0 Å². The quantitative estimate of drug-likeness (QED) is 0.395. The van der Waals surface area contributed by atoms with E-state index >= 15 is 0 Å². The van der Waals surface area contributed by atoms with Crippen LogP contribution in [0.5, 0.6) is 0 Å². The molecule has 0 unspecified atom stereocenters. The van der Waals surface area contributed by atoms with E-state index in [1.807, 2.05) is 20.1 Å². The lowest BCUT2D eigenvalue weighted by Gasteiger charge is -2.34. The van der Waals surface area contributed by atoms with Gasteiger partial charge in [0.25, 0.3) is 11.6 Å². The fourth-order valence-electron chi connectivity index (χ4n) is 3.30. The van der Waals surface area contributed by atoms with E-state index in [1.54, 1.807) is 24.3 Å². The van der Waals surface area contributed by atoms with Crippen molar-refractivity contribution in [2.75, 3.05) is 32.4 Å². The minimum absolute atomic E-state index is 0.0253. The second-order valence-electron chi connectivity index (χ2n) is 7.08. The Labute approximate surface area is 180 Å². The van der Waals surface area contributed by atoms with E-state index in [9.17, 15) is 23.3 Å². The summed E-state index contributed by atoms with van der Waals surface area (Å²) in [5.41, 5.74) is 1.68. The predicted octanol–water partition coefficient (Wildman–Crippen LogP) is 3.08. The maximum atomic E-state index is 13.0. The zero-order valence-electron chi connectivity index (χ0n) is 17.0. The number of aryl methyl sites for hydroxylation is 2. The average molecular weight is 450 g/mol. The summed E-state index contributed by atoms with van der Waals surface area (Å²) in [4.78, 5) is 26.2. The SMILES string of the molecule is CSc1ccc([N+](=O)[O-])c(C(=O)N2CCN(S(=O)(=O)c3ccc(C)c(C)c3)CC2)c1. The lowest BCUT2D eigenvalue weighted by atomic mass is 10.1. The molecule has 1 amide bonds. The summed E-state index contributed by atoms with van der Waals surface area (Å²) in [6.45, 7) is 4.39. The number of benzene rings is 2. The lowest BCUT2D eigenvalue weighted by Crippen LogP contribution is -2.50. The number of rotatable bonds is 5. The molecule has 0 radical (unpaired) electrons. The van der Waals surface area contributed by atoms with Gasteiger partial charge >= 0.3 is 0 Å². The summed E-state index contributed by atoms with van der Waals surface area (Å²) in [5, 5.41) is 11.3. The molecule has 1 aliphatic rings. The van der Waals surface area contributed by atoms with Crippen molar-refractivity contribution in [3.63, 3.8) is 0 Å². The van der Waals surface area contributed by atoms with Crippen LogP contribution in [0.15, 0.2) is 46.2 Å². The van der Waals surface area contributed by atoms with E-state index in [4.69, 9.17) is 0 Å². The Bertz CT molecular complexity index is 1090. The molecule has 0 atom stereocenters. The number of amides is 1. The molecular weight excluding hydrogens is 426 g/mol. The highest BCUT2D eigenvalue weighted by atomic mass is 32.2. The summed E-state index contributed by atoms with van der Waals surface area (Å²) < 4.78 is 27.3. The first-order valence-electron chi connectivity index (χ1n) is 9.34. The highest BCUT2D eigenvalue weighted by molar-refractivity contribution is 7.98. The maximum absolute atomic E-state index is 13.0. The summed E-state index contributed by atoms with van der Waals surface area (Å²) >= 11 is 1.39. The topological polar surface area (TPSA) is 101 Å². The summed E-state index contributed by atoms with van der Waals surface area (Å²) in [6.07, 6.45) is 1.83. The van der Waals surface area contributed by atoms with Gasteiger partial charge in [-0.2, -0.15) is 4.31 Å². The number of thioether (sulfide) groups is 1. The number of nitrogens with zero attached hydrogens (tertiary/aromatic N) is 3. The van der Waals surface area contributed by atoms with Gasteiger partial charge in [0.2, 0.25) is 10.0 Å². The third-order valence-corrected chi connectivity index (χ3v) is 7.89. The van der Waals surface area contributed by atoms with Crippen LogP contribution >= 0.6 is 11.8 Å². The average Bonchev–Trinajstić information content (AvgIpc) is 2.74. The first-order valence-corrected chi connectivity index (χ1v) is 12.0. The van der Waals surface area contributed by atoms with Gasteiger partial charge in [0.1, 0.15) is 5.56 Å². The Kier molecular flexibility index (Phi) is 6.49. The molecule has 3 rings (SSSR count). The number of sulfonamides is 1. The Balaban J connectivity index is 1.78. The molecule has 10 heteroatoms. The minimum Gasteiger partial charge on any atom is -0.336 e. The van der Waals surface area contributed by atoms with Gasteiger partial charge in [-0.05, 0) is 55.5 Å². The van der Waals surface area contributed by atoms with E-state index in [-0.39, 0.29) is 42.3 Å². The molecule has 1 fully saturated rings. The molecule has 0 N–H and O–H groups in total. The summed E-state index contributed by atoms with van der Waals surface area (Å²) in [5.74, 6) is -0.458. The first kappa shape index (κ1) is 22.3. The molecule has 1 heterocycles. The van der Waals surface area contributed by atoms with Gasteiger partial charge in [-0.25, -0.2) is 8.42 Å². The number of hydrogen-bond donors (Lipinski definition) is 0. The van der Waals surface area contributed by atoms with E-state index in [0.29, 0.717) is 0 Å². The maximum Gasteiger partial charge on any atom is 0.282 e. The molecule has 1 aliphatic heterocycles. The highest BCUT2D eigenvalue weighted by Gasteiger charge is 2.32. The molecule has 2 aromatic carbocycles. The molecule has 0 spiro atoms. The van der Waals surface area contributed by atoms with Gasteiger partial charge in [-0.3, -0.25) is 14.9 Å². The number of carbonyl (C=O) groups excluding carboxylic acids is 1. The van der Waals surface area contributed by atoms with Gasteiger partial charge in [0.05, 0.1) is 9.82 Å². The van der Waals surface area contributed by atoms with Crippen LogP contribution in [0.25, 0.3) is 0 Å². The van der Waals surface area contributed by atoms with Crippen LogP contribution in [0.1, 0.15) is 21.5 Å². The van der Waals surface area contributed by atoms with Crippen molar-refractivity contribution in [2.45, 2.75) is 23.6 Å². The van der Waals surface area contributed by atoms with Crippen LogP contribution in [-0.4, -0.2) is 60.9 Å². The molecule has 0 bridgehead atoms. The molecule has 1 saturated heterocycles. The normalized spacial score (nSPS) is 15.2. The van der Waals surface area contributed by atoms with E-state index in [1.165, 1.54) is 33.1 Å². The molecule has 160 valence electrons. The zero-order valence-corrected chi connectivity index (χ0v) is 18.6. The number of nitro benzene ring substituents is 1. The Morgan fingerprint density at radius 3 is 2.27 bits per heavy atom. The molecule has 8 nitrogen and oxygen atoms in total. The molecular formula is C20H23N3O5S2. The second-order valence-corrected chi connectivity index (χ2v) is 9.90. The van der Waals surface area contributed by atoms with Gasteiger partial charge in [-0.15, -0.1) is 11.8 Å². The predicted molar refractivity (Wildman–Crippen MR) is 115 cm³/mol. The summed E-state index contributed by atoms with van der Waals surface area (Å²) in [6, 6.07) is 9.47. The number of carbonyl (C=O) groups is 1. The number of nitro groups is 1. The monoisotopic (exact) mass is 449 g/mol. The first-order chi connectivity index (χ1) is 14.1. The van der Waals surface area contributed by atoms with Gasteiger partial charge in [-0.1, -0.05) is 6.07 Å².